The van der Waals surface area contributed by atoms with Gasteiger partial charge < -0.3 is 9.84 Å². The molecule has 274 valence electrons. The molecule has 4 nitrogen and oxygen atoms in total. The van der Waals surface area contributed by atoms with Crippen LogP contribution in [-0.2, 0) is 14.3 Å². The zero-order valence-corrected chi connectivity index (χ0v) is 31.4. The molecule has 0 saturated heterocycles. The third-order valence-corrected chi connectivity index (χ3v) is 9.83. The summed E-state index contributed by atoms with van der Waals surface area (Å²) in [5.41, 5.74) is 0. The molecule has 1 unspecified atom stereocenters. The van der Waals surface area contributed by atoms with Gasteiger partial charge >= 0.3 is 11.9 Å². The molecule has 0 aromatic heterocycles. The molecule has 0 aromatic carbocycles. The fraction of sp³-hybridized carbons (Fsp3) is 0.952. The van der Waals surface area contributed by atoms with E-state index in [0.717, 1.165) is 32.1 Å². The second-order valence-corrected chi connectivity index (χ2v) is 14.5. The van der Waals surface area contributed by atoms with E-state index in [1.807, 2.05) is 0 Å². The van der Waals surface area contributed by atoms with E-state index in [-0.39, 0.29) is 12.1 Å². The molecule has 0 bridgehead atoms. The Hall–Kier alpha value is -1.06. The van der Waals surface area contributed by atoms with E-state index in [9.17, 15) is 9.59 Å². The van der Waals surface area contributed by atoms with Crippen LogP contribution >= 0.6 is 0 Å². The zero-order chi connectivity index (χ0) is 33.6. The molecule has 1 atom stereocenters. The molecule has 4 heteroatoms. The number of carboxylic acids is 1. The highest BCUT2D eigenvalue weighted by Crippen LogP contribution is 2.19. The Labute approximate surface area is 288 Å². The Morgan fingerprint density at radius 2 is 0.652 bits per heavy atom. The van der Waals surface area contributed by atoms with Gasteiger partial charge in [-0.25, -0.2) is 0 Å². The van der Waals surface area contributed by atoms with Gasteiger partial charge in [-0.3, -0.25) is 9.59 Å². The summed E-state index contributed by atoms with van der Waals surface area (Å²) in [4.78, 5) is 23.2. The predicted molar refractivity (Wildman–Crippen MR) is 200 cm³/mol. The number of hydrogen-bond acceptors (Lipinski definition) is 3. The van der Waals surface area contributed by atoms with Crippen LogP contribution in [0.3, 0.4) is 0 Å². The Morgan fingerprint density at radius 3 is 0.957 bits per heavy atom. The topological polar surface area (TPSA) is 63.6 Å². The van der Waals surface area contributed by atoms with E-state index in [0.29, 0.717) is 12.8 Å². The van der Waals surface area contributed by atoms with Crippen molar-refractivity contribution in [2.75, 3.05) is 0 Å². The highest BCUT2D eigenvalue weighted by molar-refractivity contribution is 5.69. The van der Waals surface area contributed by atoms with Crippen molar-refractivity contribution in [1.82, 2.24) is 0 Å². The molecule has 0 radical (unpaired) electrons. The van der Waals surface area contributed by atoms with E-state index in [4.69, 9.17) is 9.84 Å². The van der Waals surface area contributed by atoms with Crippen LogP contribution in [0.5, 0.6) is 0 Å². The maximum Gasteiger partial charge on any atom is 0.306 e. The number of aliphatic carboxylic acids is 1. The van der Waals surface area contributed by atoms with Crippen molar-refractivity contribution in [2.24, 2.45) is 0 Å². The molecule has 0 amide bonds. The third kappa shape index (κ3) is 37.4. The second-order valence-electron chi connectivity index (χ2n) is 14.5. The molecule has 0 aliphatic carbocycles. The van der Waals surface area contributed by atoms with Gasteiger partial charge in [-0.1, -0.05) is 200 Å². The predicted octanol–water partition coefficient (Wildman–Crippen LogP) is 14.5. The number of carboxylic acid groups (broad SMARTS) is 1. The molecule has 0 saturated carbocycles. The summed E-state index contributed by atoms with van der Waals surface area (Å²) in [6, 6.07) is 0. The average molecular weight is 651 g/mol. The van der Waals surface area contributed by atoms with Crippen molar-refractivity contribution >= 4 is 11.9 Å². The summed E-state index contributed by atoms with van der Waals surface area (Å²) < 4.78 is 6.03. The van der Waals surface area contributed by atoms with Crippen LogP contribution in [0.25, 0.3) is 0 Å². The van der Waals surface area contributed by atoms with Crippen molar-refractivity contribution in [1.29, 1.82) is 0 Å². The highest BCUT2D eigenvalue weighted by atomic mass is 16.5. The van der Waals surface area contributed by atoms with Gasteiger partial charge in [0.25, 0.3) is 0 Å². The van der Waals surface area contributed by atoms with E-state index in [1.165, 1.54) is 193 Å². The van der Waals surface area contributed by atoms with Gasteiger partial charge in [-0.2, -0.15) is 0 Å². The van der Waals surface area contributed by atoms with Gasteiger partial charge in [-0.05, 0) is 38.5 Å². The Balaban J connectivity index is 3.79. The number of rotatable bonds is 39. The van der Waals surface area contributed by atoms with Crippen molar-refractivity contribution in [3.8, 4) is 0 Å². The lowest BCUT2D eigenvalue weighted by atomic mass is 10.0. The van der Waals surface area contributed by atoms with Gasteiger partial charge in [0.2, 0.25) is 0 Å². The van der Waals surface area contributed by atoms with Crippen LogP contribution in [-0.4, -0.2) is 23.1 Å². The Kier molecular flexibility index (Phi) is 37.5. The summed E-state index contributed by atoms with van der Waals surface area (Å²) in [5, 5.41) is 8.70. The molecule has 0 heterocycles. The first kappa shape index (κ1) is 44.9. The van der Waals surface area contributed by atoms with Gasteiger partial charge in [0.05, 0.1) is 0 Å². The van der Waals surface area contributed by atoms with E-state index in [2.05, 4.69) is 13.8 Å². The number of unbranched alkanes of at least 4 members (excludes halogenated alkanes) is 30. The standard InChI is InChI=1S/C42H82O4/c1-3-5-7-9-10-11-12-13-14-15-16-17-21-24-27-31-35-39-42(45)46-40(36-32-28-8-6-4-2)37-33-29-25-22-19-18-20-23-26-30-34-38-41(43)44/h40H,3-39H2,1-2H3,(H,43,44). The normalized spacial score (nSPS) is 12.0. The van der Waals surface area contributed by atoms with Gasteiger partial charge in [0, 0.05) is 12.8 Å². The molecule has 0 aromatic rings. The number of carbonyl (C=O) groups is 2. The molecule has 46 heavy (non-hydrogen) atoms. The number of esters is 1. The Morgan fingerprint density at radius 1 is 0.391 bits per heavy atom. The first-order valence-electron chi connectivity index (χ1n) is 21.0. The number of carbonyl (C=O) groups excluding carboxylic acids is 1. The van der Waals surface area contributed by atoms with Crippen molar-refractivity contribution in [2.45, 2.75) is 258 Å². The monoisotopic (exact) mass is 651 g/mol. The first-order valence-corrected chi connectivity index (χ1v) is 21.0. The van der Waals surface area contributed by atoms with Crippen molar-refractivity contribution < 1.29 is 19.4 Å². The molecule has 0 rings (SSSR count). The van der Waals surface area contributed by atoms with Gasteiger partial charge in [0.1, 0.15) is 6.10 Å². The first-order chi connectivity index (χ1) is 22.6. The van der Waals surface area contributed by atoms with Crippen LogP contribution in [0, 0.1) is 0 Å². The van der Waals surface area contributed by atoms with Crippen LogP contribution in [0.4, 0.5) is 0 Å². The summed E-state index contributed by atoms with van der Waals surface area (Å²) in [5.74, 6) is -0.625. The lowest BCUT2D eigenvalue weighted by Gasteiger charge is -2.18. The summed E-state index contributed by atoms with van der Waals surface area (Å²) in [6.07, 6.45) is 45.8. The van der Waals surface area contributed by atoms with Gasteiger partial charge in [-0.15, -0.1) is 0 Å². The molecule has 0 fully saturated rings. The third-order valence-electron chi connectivity index (χ3n) is 9.83. The van der Waals surface area contributed by atoms with E-state index >= 15 is 0 Å². The van der Waals surface area contributed by atoms with Crippen LogP contribution in [0.15, 0.2) is 0 Å². The van der Waals surface area contributed by atoms with Crippen molar-refractivity contribution in [3.63, 3.8) is 0 Å². The minimum Gasteiger partial charge on any atom is -0.481 e. The largest absolute Gasteiger partial charge is 0.481 e. The van der Waals surface area contributed by atoms with Crippen LogP contribution in [0.1, 0.15) is 251 Å². The molecule has 0 spiro atoms. The second kappa shape index (κ2) is 38.4. The molecule has 0 aliphatic heterocycles. The van der Waals surface area contributed by atoms with E-state index in [1.54, 1.807) is 0 Å². The van der Waals surface area contributed by atoms with E-state index < -0.39 is 5.97 Å². The minimum absolute atomic E-state index is 0.0440. The van der Waals surface area contributed by atoms with Gasteiger partial charge in [0.15, 0.2) is 0 Å². The summed E-state index contributed by atoms with van der Waals surface area (Å²) in [6.45, 7) is 4.55. The molecule has 1 N–H and O–H groups in total. The number of hydrogen-bond donors (Lipinski definition) is 1. The molecular formula is C42H82O4. The minimum atomic E-state index is -0.669. The smallest absolute Gasteiger partial charge is 0.306 e. The fourth-order valence-corrected chi connectivity index (χ4v) is 6.72. The average Bonchev–Trinajstić information content (AvgIpc) is 3.04. The quantitative estimate of drug-likeness (QED) is 0.0531. The molecular weight excluding hydrogens is 568 g/mol. The maximum atomic E-state index is 12.6. The van der Waals surface area contributed by atoms with Crippen LogP contribution < -0.4 is 0 Å². The maximum absolute atomic E-state index is 12.6. The molecule has 0 aliphatic rings. The fourth-order valence-electron chi connectivity index (χ4n) is 6.72. The zero-order valence-electron chi connectivity index (χ0n) is 31.4. The summed E-state index contributed by atoms with van der Waals surface area (Å²) >= 11 is 0. The summed E-state index contributed by atoms with van der Waals surface area (Å²) in [7, 11) is 0. The Bertz CT molecular complexity index is 619. The van der Waals surface area contributed by atoms with Crippen LogP contribution in [0.2, 0.25) is 0 Å². The lowest BCUT2D eigenvalue weighted by Crippen LogP contribution is -2.18. The lowest BCUT2D eigenvalue weighted by molar-refractivity contribution is -0.150. The SMILES string of the molecule is CCCCCCCCCCCCCCCCCCCC(=O)OC(CCCCCCC)CCCCCCCCCCCCCC(=O)O. The highest BCUT2D eigenvalue weighted by Gasteiger charge is 2.14. The van der Waals surface area contributed by atoms with Crippen molar-refractivity contribution in [3.05, 3.63) is 0 Å². The number of ether oxygens (including phenoxy) is 1.